The van der Waals surface area contributed by atoms with Crippen molar-refractivity contribution in [2.24, 2.45) is 5.92 Å². The number of likely N-dealkylation sites (tertiary alicyclic amines) is 2. The molecule has 3 saturated heterocycles. The molecule has 0 aromatic rings. The molecule has 0 saturated carbocycles. The summed E-state index contributed by atoms with van der Waals surface area (Å²) in [5, 5.41) is 3.53. The Labute approximate surface area is 122 Å². The maximum Gasteiger partial charge on any atom is 0.236 e. The zero-order chi connectivity index (χ0) is 13.8. The molecule has 1 amide bonds. The van der Waals surface area contributed by atoms with Crippen molar-refractivity contribution < 1.29 is 4.79 Å². The lowest BCUT2D eigenvalue weighted by Crippen LogP contribution is -2.48. The normalized spacial score (nSPS) is 32.5. The lowest BCUT2D eigenvalue weighted by Gasteiger charge is -2.35. The van der Waals surface area contributed by atoms with E-state index in [1.54, 1.807) is 0 Å². The molecule has 0 bridgehead atoms. The molecule has 0 radical (unpaired) electrons. The van der Waals surface area contributed by atoms with Gasteiger partial charge in [0, 0.05) is 19.1 Å². The van der Waals surface area contributed by atoms with Gasteiger partial charge in [0.05, 0.1) is 6.54 Å². The molecule has 0 spiro atoms. The Morgan fingerprint density at radius 1 is 1.00 bits per heavy atom. The zero-order valence-corrected chi connectivity index (χ0v) is 12.6. The highest BCUT2D eigenvalue weighted by Crippen LogP contribution is 2.28. The molecule has 1 N–H and O–H groups in total. The van der Waals surface area contributed by atoms with Gasteiger partial charge in [-0.15, -0.1) is 0 Å². The first-order valence-corrected chi connectivity index (χ1v) is 8.57. The van der Waals surface area contributed by atoms with E-state index in [2.05, 4.69) is 15.1 Å². The Kier molecular flexibility index (Phi) is 4.94. The Morgan fingerprint density at radius 3 is 2.60 bits per heavy atom. The van der Waals surface area contributed by atoms with Gasteiger partial charge in [-0.05, 0) is 70.5 Å². The second kappa shape index (κ2) is 6.90. The molecule has 3 fully saturated rings. The van der Waals surface area contributed by atoms with Crippen LogP contribution in [-0.4, -0.2) is 61.0 Å². The molecule has 0 aromatic heterocycles. The summed E-state index contributed by atoms with van der Waals surface area (Å²) >= 11 is 0. The summed E-state index contributed by atoms with van der Waals surface area (Å²) in [6.07, 6.45) is 8.89. The van der Waals surface area contributed by atoms with Crippen molar-refractivity contribution in [1.29, 1.82) is 0 Å². The van der Waals surface area contributed by atoms with Gasteiger partial charge in [0.2, 0.25) is 5.91 Å². The highest BCUT2D eigenvalue weighted by atomic mass is 16.2. The van der Waals surface area contributed by atoms with Crippen LogP contribution in [0.4, 0.5) is 0 Å². The highest BCUT2D eigenvalue weighted by Gasteiger charge is 2.34. The minimum Gasteiger partial charge on any atom is -0.342 e. The van der Waals surface area contributed by atoms with E-state index in [0.717, 1.165) is 32.1 Å². The number of hydrogen-bond acceptors (Lipinski definition) is 3. The average molecular weight is 279 g/mol. The van der Waals surface area contributed by atoms with Crippen LogP contribution in [0.5, 0.6) is 0 Å². The van der Waals surface area contributed by atoms with E-state index < -0.39 is 0 Å². The van der Waals surface area contributed by atoms with Crippen molar-refractivity contribution in [3.8, 4) is 0 Å². The zero-order valence-electron chi connectivity index (χ0n) is 12.6. The van der Waals surface area contributed by atoms with Crippen LogP contribution in [0.1, 0.15) is 44.9 Å². The van der Waals surface area contributed by atoms with Crippen LogP contribution in [-0.2, 0) is 4.79 Å². The molecule has 20 heavy (non-hydrogen) atoms. The van der Waals surface area contributed by atoms with Crippen LogP contribution in [0.25, 0.3) is 0 Å². The quantitative estimate of drug-likeness (QED) is 0.849. The van der Waals surface area contributed by atoms with Gasteiger partial charge in [0.1, 0.15) is 0 Å². The van der Waals surface area contributed by atoms with E-state index in [0.29, 0.717) is 18.5 Å². The molecule has 2 atom stereocenters. The van der Waals surface area contributed by atoms with Gasteiger partial charge in [-0.1, -0.05) is 0 Å². The Morgan fingerprint density at radius 2 is 1.85 bits per heavy atom. The van der Waals surface area contributed by atoms with Gasteiger partial charge in [-0.25, -0.2) is 0 Å². The lowest BCUT2D eigenvalue weighted by atomic mass is 9.90. The molecule has 0 aromatic carbocycles. The largest absolute Gasteiger partial charge is 0.342 e. The van der Waals surface area contributed by atoms with Crippen molar-refractivity contribution in [3.63, 3.8) is 0 Å². The SMILES string of the molecule is O=C(CN1CCCC1C1CCCNC1)N1CCCCC1. The highest BCUT2D eigenvalue weighted by molar-refractivity contribution is 5.78. The van der Waals surface area contributed by atoms with E-state index in [1.807, 2.05) is 0 Å². The third-order valence-corrected chi connectivity index (χ3v) is 5.34. The Balaban J connectivity index is 1.53. The van der Waals surface area contributed by atoms with Crippen LogP contribution in [0.2, 0.25) is 0 Å². The monoisotopic (exact) mass is 279 g/mol. The van der Waals surface area contributed by atoms with Gasteiger partial charge in [-0.3, -0.25) is 9.69 Å². The molecular weight excluding hydrogens is 250 g/mol. The first-order valence-electron chi connectivity index (χ1n) is 8.57. The number of piperidine rings is 2. The molecule has 3 aliphatic rings. The Hall–Kier alpha value is -0.610. The van der Waals surface area contributed by atoms with Crippen LogP contribution < -0.4 is 5.32 Å². The molecule has 114 valence electrons. The van der Waals surface area contributed by atoms with E-state index in [4.69, 9.17) is 0 Å². The van der Waals surface area contributed by atoms with Gasteiger partial charge >= 0.3 is 0 Å². The van der Waals surface area contributed by atoms with Crippen LogP contribution >= 0.6 is 0 Å². The maximum atomic E-state index is 12.5. The fourth-order valence-electron chi connectivity index (χ4n) is 4.21. The lowest BCUT2D eigenvalue weighted by molar-refractivity contribution is -0.133. The van der Waals surface area contributed by atoms with Crippen molar-refractivity contribution in [2.45, 2.75) is 51.0 Å². The summed E-state index contributed by atoms with van der Waals surface area (Å²) in [4.78, 5) is 17.0. The molecule has 4 nitrogen and oxygen atoms in total. The molecule has 3 heterocycles. The van der Waals surface area contributed by atoms with Gasteiger partial charge in [-0.2, -0.15) is 0 Å². The number of nitrogens with zero attached hydrogens (tertiary/aromatic N) is 2. The fraction of sp³-hybridized carbons (Fsp3) is 0.938. The fourth-order valence-corrected chi connectivity index (χ4v) is 4.21. The summed E-state index contributed by atoms with van der Waals surface area (Å²) in [6, 6.07) is 0.650. The predicted molar refractivity (Wildman–Crippen MR) is 80.6 cm³/mol. The molecule has 3 rings (SSSR count). The van der Waals surface area contributed by atoms with E-state index in [9.17, 15) is 4.79 Å². The summed E-state index contributed by atoms with van der Waals surface area (Å²) in [5.74, 6) is 1.14. The van der Waals surface area contributed by atoms with Crippen molar-refractivity contribution >= 4 is 5.91 Å². The van der Waals surface area contributed by atoms with Gasteiger partial charge < -0.3 is 10.2 Å². The van der Waals surface area contributed by atoms with Crippen LogP contribution in [0.3, 0.4) is 0 Å². The molecule has 3 aliphatic heterocycles. The predicted octanol–water partition coefficient (Wildman–Crippen LogP) is 1.46. The van der Waals surface area contributed by atoms with Crippen LogP contribution in [0.15, 0.2) is 0 Å². The minimum atomic E-state index is 0.375. The number of amides is 1. The molecule has 4 heteroatoms. The van der Waals surface area contributed by atoms with Crippen LogP contribution in [0, 0.1) is 5.92 Å². The van der Waals surface area contributed by atoms with Gasteiger partial charge in [0.15, 0.2) is 0 Å². The number of carbonyl (C=O) groups excluding carboxylic acids is 1. The smallest absolute Gasteiger partial charge is 0.236 e. The third kappa shape index (κ3) is 3.34. The second-order valence-corrected chi connectivity index (χ2v) is 6.73. The topological polar surface area (TPSA) is 35.6 Å². The number of hydrogen-bond donors (Lipinski definition) is 1. The minimum absolute atomic E-state index is 0.375. The van der Waals surface area contributed by atoms with Gasteiger partial charge in [0.25, 0.3) is 0 Å². The summed E-state index contributed by atoms with van der Waals surface area (Å²) in [7, 11) is 0. The second-order valence-electron chi connectivity index (χ2n) is 6.73. The van der Waals surface area contributed by atoms with E-state index in [-0.39, 0.29) is 0 Å². The number of nitrogens with one attached hydrogen (secondary N) is 1. The first-order chi connectivity index (χ1) is 9.84. The summed E-state index contributed by atoms with van der Waals surface area (Å²) in [5.41, 5.74) is 0. The summed E-state index contributed by atoms with van der Waals surface area (Å²) in [6.45, 7) is 6.10. The number of carbonyl (C=O) groups is 1. The van der Waals surface area contributed by atoms with Crippen molar-refractivity contribution in [2.75, 3.05) is 39.3 Å². The van der Waals surface area contributed by atoms with E-state index in [1.165, 1.54) is 51.5 Å². The molecule has 2 unspecified atom stereocenters. The van der Waals surface area contributed by atoms with E-state index >= 15 is 0 Å². The van der Waals surface area contributed by atoms with Crippen molar-refractivity contribution in [1.82, 2.24) is 15.1 Å². The maximum absolute atomic E-state index is 12.5. The average Bonchev–Trinajstić information content (AvgIpc) is 2.97. The standard InChI is InChI=1S/C16H29N3O/c20-16(18-9-2-1-3-10-18)13-19-11-5-7-15(19)14-6-4-8-17-12-14/h14-15,17H,1-13H2. The number of rotatable bonds is 3. The Bertz CT molecular complexity index is 322. The molecule has 0 aliphatic carbocycles. The summed E-state index contributed by atoms with van der Waals surface area (Å²) < 4.78 is 0. The first kappa shape index (κ1) is 14.3. The third-order valence-electron chi connectivity index (χ3n) is 5.34. The molecular formula is C16H29N3O. The van der Waals surface area contributed by atoms with Crippen molar-refractivity contribution in [3.05, 3.63) is 0 Å².